The number of nitrogens with zero attached hydrogens (tertiary/aromatic N) is 2. The summed E-state index contributed by atoms with van der Waals surface area (Å²) in [4.78, 5) is 14.6. The zero-order valence-corrected chi connectivity index (χ0v) is 12.6. The van der Waals surface area contributed by atoms with Crippen LogP contribution >= 0.6 is 0 Å². The summed E-state index contributed by atoms with van der Waals surface area (Å²) in [6.45, 7) is 3.53. The second-order valence-electron chi connectivity index (χ2n) is 5.04. The van der Waals surface area contributed by atoms with E-state index in [1.54, 1.807) is 6.07 Å². The fourth-order valence-electron chi connectivity index (χ4n) is 1.76. The molecule has 1 heterocycles. The van der Waals surface area contributed by atoms with E-state index in [9.17, 15) is 13.2 Å². The molecule has 0 aliphatic carbocycles. The number of nitrogens with one attached hydrogen (secondary N) is 1. The smallest absolute Gasteiger partial charge is 0.307 e. The van der Waals surface area contributed by atoms with Gasteiger partial charge >= 0.3 is 5.97 Å². The van der Waals surface area contributed by atoms with Gasteiger partial charge in [0.25, 0.3) is 0 Å². The van der Waals surface area contributed by atoms with Crippen LogP contribution in [-0.2, 0) is 14.8 Å². The Morgan fingerprint density at radius 3 is 2.67 bits per heavy atom. The number of hydrogen-bond donors (Lipinski definition) is 2. The van der Waals surface area contributed by atoms with Gasteiger partial charge in [0.15, 0.2) is 0 Å². The highest BCUT2D eigenvalue weighted by Gasteiger charge is 2.23. The van der Waals surface area contributed by atoms with E-state index in [2.05, 4.69) is 9.71 Å². The summed E-state index contributed by atoms with van der Waals surface area (Å²) in [5.74, 6) is -1.71. The van der Waals surface area contributed by atoms with Crippen molar-refractivity contribution < 1.29 is 18.3 Å². The van der Waals surface area contributed by atoms with Crippen molar-refractivity contribution in [2.24, 2.45) is 11.8 Å². The average Bonchev–Trinajstić information content (AvgIpc) is 2.43. The number of nitriles is 1. The Labute approximate surface area is 123 Å². The van der Waals surface area contributed by atoms with Crippen molar-refractivity contribution in [3.63, 3.8) is 0 Å². The van der Waals surface area contributed by atoms with Crippen LogP contribution in [0.3, 0.4) is 0 Å². The van der Waals surface area contributed by atoms with E-state index >= 15 is 0 Å². The molecular weight excluding hydrogens is 294 g/mol. The maximum Gasteiger partial charge on any atom is 0.307 e. The number of aliphatic carboxylic acids is 1. The molecule has 0 saturated carbocycles. The number of pyridine rings is 1. The molecule has 0 aliphatic rings. The third kappa shape index (κ3) is 5.13. The molecule has 0 saturated heterocycles. The molecule has 1 aromatic rings. The Morgan fingerprint density at radius 1 is 1.48 bits per heavy atom. The molecule has 0 amide bonds. The lowest BCUT2D eigenvalue weighted by Crippen LogP contribution is -2.33. The van der Waals surface area contributed by atoms with Gasteiger partial charge in [-0.2, -0.15) is 5.26 Å². The molecule has 1 atom stereocenters. The summed E-state index contributed by atoms with van der Waals surface area (Å²) in [5.41, 5.74) is 0.120. The summed E-state index contributed by atoms with van der Waals surface area (Å²) in [6, 6.07) is 2.99. The SMILES string of the molecule is CC(C)CC(CNS(=O)(=O)c1cncc(C#N)c1)C(=O)O. The van der Waals surface area contributed by atoms with Gasteiger partial charge in [0.2, 0.25) is 10.0 Å². The minimum atomic E-state index is -3.88. The van der Waals surface area contributed by atoms with Gasteiger partial charge in [-0.25, -0.2) is 13.1 Å². The molecule has 0 aliphatic heterocycles. The minimum Gasteiger partial charge on any atom is -0.481 e. The lowest BCUT2D eigenvalue weighted by molar-refractivity contribution is -0.142. The molecule has 7 nitrogen and oxygen atoms in total. The molecule has 0 bridgehead atoms. The number of hydrogen-bond acceptors (Lipinski definition) is 5. The molecule has 0 spiro atoms. The van der Waals surface area contributed by atoms with Crippen LogP contribution in [0.4, 0.5) is 0 Å². The van der Waals surface area contributed by atoms with Crippen LogP contribution in [0.5, 0.6) is 0 Å². The molecule has 0 radical (unpaired) electrons. The van der Waals surface area contributed by atoms with Crippen molar-refractivity contribution in [2.75, 3.05) is 6.54 Å². The molecule has 0 fully saturated rings. The van der Waals surface area contributed by atoms with Gasteiger partial charge in [-0.05, 0) is 18.4 Å². The van der Waals surface area contributed by atoms with Crippen molar-refractivity contribution in [3.05, 3.63) is 24.0 Å². The highest BCUT2D eigenvalue weighted by atomic mass is 32.2. The molecule has 1 aromatic heterocycles. The summed E-state index contributed by atoms with van der Waals surface area (Å²) in [5, 5.41) is 17.8. The Balaban J connectivity index is 2.85. The molecule has 21 heavy (non-hydrogen) atoms. The topological polar surface area (TPSA) is 120 Å². The molecule has 1 unspecified atom stereocenters. The van der Waals surface area contributed by atoms with E-state index in [0.29, 0.717) is 6.42 Å². The van der Waals surface area contributed by atoms with Gasteiger partial charge < -0.3 is 5.11 Å². The monoisotopic (exact) mass is 311 g/mol. The molecular formula is C13H17N3O4S. The summed E-state index contributed by atoms with van der Waals surface area (Å²) in [7, 11) is -3.88. The number of carboxylic acids is 1. The fraction of sp³-hybridized carbons (Fsp3) is 0.462. The Morgan fingerprint density at radius 2 is 2.14 bits per heavy atom. The highest BCUT2D eigenvalue weighted by molar-refractivity contribution is 7.89. The first-order valence-corrected chi connectivity index (χ1v) is 7.82. The summed E-state index contributed by atoms with van der Waals surface area (Å²) >= 11 is 0. The van der Waals surface area contributed by atoms with Crippen LogP contribution in [-0.4, -0.2) is 31.0 Å². The first-order valence-electron chi connectivity index (χ1n) is 6.34. The van der Waals surface area contributed by atoms with Crippen LogP contribution in [0.15, 0.2) is 23.4 Å². The second kappa shape index (κ2) is 7.15. The van der Waals surface area contributed by atoms with Crippen molar-refractivity contribution in [1.29, 1.82) is 5.26 Å². The van der Waals surface area contributed by atoms with Crippen molar-refractivity contribution in [1.82, 2.24) is 9.71 Å². The second-order valence-corrected chi connectivity index (χ2v) is 6.80. The van der Waals surface area contributed by atoms with Gasteiger partial charge in [-0.1, -0.05) is 13.8 Å². The Hall–Kier alpha value is -1.98. The van der Waals surface area contributed by atoms with Gasteiger partial charge in [-0.3, -0.25) is 9.78 Å². The molecule has 2 N–H and O–H groups in total. The van der Waals surface area contributed by atoms with Crippen LogP contribution in [0.25, 0.3) is 0 Å². The minimum absolute atomic E-state index is 0.120. The van der Waals surface area contributed by atoms with Crippen LogP contribution < -0.4 is 4.72 Å². The Bertz CT molecular complexity index is 650. The zero-order chi connectivity index (χ0) is 16.0. The maximum absolute atomic E-state index is 12.1. The largest absolute Gasteiger partial charge is 0.481 e. The van der Waals surface area contributed by atoms with Crippen LogP contribution in [0.2, 0.25) is 0 Å². The van der Waals surface area contributed by atoms with Gasteiger partial charge in [0.1, 0.15) is 11.0 Å². The fourth-order valence-corrected chi connectivity index (χ4v) is 2.83. The quantitative estimate of drug-likeness (QED) is 0.774. The van der Waals surface area contributed by atoms with E-state index in [1.165, 1.54) is 12.3 Å². The van der Waals surface area contributed by atoms with E-state index in [4.69, 9.17) is 10.4 Å². The van der Waals surface area contributed by atoms with Gasteiger partial charge in [0, 0.05) is 18.9 Å². The van der Waals surface area contributed by atoms with Crippen molar-refractivity contribution >= 4 is 16.0 Å². The van der Waals surface area contributed by atoms with E-state index in [1.807, 2.05) is 13.8 Å². The number of aromatic nitrogens is 1. The lowest BCUT2D eigenvalue weighted by Gasteiger charge is -2.15. The van der Waals surface area contributed by atoms with Crippen LogP contribution in [0.1, 0.15) is 25.8 Å². The predicted molar refractivity (Wildman–Crippen MR) is 74.7 cm³/mol. The first kappa shape index (κ1) is 17.1. The summed E-state index contributed by atoms with van der Waals surface area (Å²) < 4.78 is 26.4. The maximum atomic E-state index is 12.1. The van der Waals surface area contributed by atoms with Gasteiger partial charge in [0.05, 0.1) is 11.5 Å². The molecule has 8 heteroatoms. The average molecular weight is 311 g/mol. The standard InChI is InChI=1S/C13H17N3O4S/c1-9(2)3-11(13(17)18)7-16-21(19,20)12-4-10(5-14)6-15-8-12/h4,6,8-9,11,16H,3,7H2,1-2H3,(H,17,18). The molecule has 114 valence electrons. The summed E-state index contributed by atoms with van der Waals surface area (Å²) in [6.07, 6.45) is 2.73. The predicted octanol–water partition coefficient (Wildman–Crippen LogP) is 0.978. The lowest BCUT2D eigenvalue weighted by atomic mass is 9.98. The zero-order valence-electron chi connectivity index (χ0n) is 11.8. The normalized spacial score (nSPS) is 12.9. The Kier molecular flexibility index (Phi) is 5.81. The van der Waals surface area contributed by atoms with Gasteiger partial charge in [-0.15, -0.1) is 0 Å². The number of rotatable bonds is 7. The molecule has 0 aromatic carbocycles. The third-order valence-electron chi connectivity index (χ3n) is 2.78. The first-order chi connectivity index (χ1) is 9.76. The van der Waals surface area contributed by atoms with E-state index in [0.717, 1.165) is 6.20 Å². The number of carbonyl (C=O) groups is 1. The third-order valence-corrected chi connectivity index (χ3v) is 4.17. The van der Waals surface area contributed by atoms with Crippen molar-refractivity contribution in [2.45, 2.75) is 25.2 Å². The van der Waals surface area contributed by atoms with E-state index in [-0.39, 0.29) is 22.9 Å². The van der Waals surface area contributed by atoms with E-state index < -0.39 is 21.9 Å². The van der Waals surface area contributed by atoms with Crippen LogP contribution in [0, 0.1) is 23.2 Å². The number of carboxylic acid groups (broad SMARTS) is 1. The highest BCUT2D eigenvalue weighted by Crippen LogP contribution is 2.13. The molecule has 1 rings (SSSR count). The number of sulfonamides is 1. The van der Waals surface area contributed by atoms with Crippen molar-refractivity contribution in [3.8, 4) is 6.07 Å².